The summed E-state index contributed by atoms with van der Waals surface area (Å²) in [6.45, 7) is 0.602. The van der Waals surface area contributed by atoms with Crippen molar-refractivity contribution in [3.63, 3.8) is 0 Å². The molecular weight excluding hydrogens is 266 g/mol. The largest absolute Gasteiger partial charge is 0.476 e. The van der Waals surface area contributed by atoms with Gasteiger partial charge in [-0.15, -0.1) is 0 Å². The van der Waals surface area contributed by atoms with Gasteiger partial charge in [0.1, 0.15) is 5.52 Å². The molecule has 0 amide bonds. The van der Waals surface area contributed by atoms with E-state index >= 15 is 0 Å². The summed E-state index contributed by atoms with van der Waals surface area (Å²) < 4.78 is 28.6. The van der Waals surface area contributed by atoms with Crippen molar-refractivity contribution in [2.24, 2.45) is 5.92 Å². The van der Waals surface area contributed by atoms with Crippen LogP contribution in [0.2, 0.25) is 0 Å². The molecule has 0 atom stereocenters. The van der Waals surface area contributed by atoms with Crippen LogP contribution in [0.1, 0.15) is 12.8 Å². The van der Waals surface area contributed by atoms with Gasteiger partial charge in [-0.3, -0.25) is 0 Å². The van der Waals surface area contributed by atoms with Crippen molar-refractivity contribution in [2.75, 3.05) is 12.9 Å². The van der Waals surface area contributed by atoms with Gasteiger partial charge in [-0.05, 0) is 24.8 Å². The molecule has 0 radical (unpaired) electrons. The number of pyridine rings is 1. The fraction of sp³-hybridized carbons (Fsp3) is 0.417. The van der Waals surface area contributed by atoms with Crippen LogP contribution in [0.5, 0.6) is 5.88 Å². The van der Waals surface area contributed by atoms with E-state index in [0.29, 0.717) is 29.3 Å². The second-order valence-electron chi connectivity index (χ2n) is 4.73. The number of nitrogens with zero attached hydrogens (tertiary/aromatic N) is 3. The molecule has 100 valence electrons. The van der Waals surface area contributed by atoms with E-state index in [0.717, 1.165) is 6.26 Å². The second kappa shape index (κ2) is 4.41. The van der Waals surface area contributed by atoms with Crippen molar-refractivity contribution in [1.82, 2.24) is 15.0 Å². The number of ether oxygens (including phenoxy) is 1. The standard InChI is InChI=1S/C12H13N3O3S/c1-19(16,17)12-14-6-9-4-5-13-11(10(9)15-12)18-7-8-2-3-8/h4-6,8H,2-3,7H2,1H3. The molecule has 1 aliphatic carbocycles. The maximum absolute atomic E-state index is 11.5. The summed E-state index contributed by atoms with van der Waals surface area (Å²) in [4.78, 5) is 12.0. The predicted molar refractivity (Wildman–Crippen MR) is 68.7 cm³/mol. The Balaban J connectivity index is 2.04. The summed E-state index contributed by atoms with van der Waals surface area (Å²) >= 11 is 0. The highest BCUT2D eigenvalue weighted by atomic mass is 32.2. The summed E-state index contributed by atoms with van der Waals surface area (Å²) in [6.07, 6.45) is 6.51. The topological polar surface area (TPSA) is 82.0 Å². The third-order valence-corrected chi connectivity index (χ3v) is 3.79. The summed E-state index contributed by atoms with van der Waals surface area (Å²) in [7, 11) is -3.44. The summed E-state index contributed by atoms with van der Waals surface area (Å²) in [5.41, 5.74) is 0.443. The van der Waals surface area contributed by atoms with Crippen LogP contribution in [0.15, 0.2) is 23.6 Å². The van der Waals surface area contributed by atoms with Crippen LogP contribution in [-0.2, 0) is 9.84 Å². The van der Waals surface area contributed by atoms with E-state index in [1.165, 1.54) is 19.0 Å². The fourth-order valence-electron chi connectivity index (χ4n) is 1.68. The van der Waals surface area contributed by atoms with Gasteiger partial charge in [0, 0.05) is 24.0 Å². The molecule has 0 aromatic carbocycles. The Morgan fingerprint density at radius 1 is 1.37 bits per heavy atom. The van der Waals surface area contributed by atoms with Gasteiger partial charge in [-0.1, -0.05) is 0 Å². The summed E-state index contributed by atoms with van der Waals surface area (Å²) in [5, 5.41) is 0.512. The molecule has 1 fully saturated rings. The zero-order chi connectivity index (χ0) is 13.5. The minimum absolute atomic E-state index is 0.204. The first-order valence-electron chi connectivity index (χ1n) is 5.98. The van der Waals surface area contributed by atoms with Gasteiger partial charge in [0.15, 0.2) is 0 Å². The molecule has 0 bridgehead atoms. The second-order valence-corrected chi connectivity index (χ2v) is 6.64. The lowest BCUT2D eigenvalue weighted by atomic mass is 10.3. The molecular formula is C12H13N3O3S. The lowest BCUT2D eigenvalue weighted by Gasteiger charge is -2.07. The van der Waals surface area contributed by atoms with Gasteiger partial charge in [-0.25, -0.2) is 23.4 Å². The smallest absolute Gasteiger partial charge is 0.247 e. The molecule has 1 saturated carbocycles. The van der Waals surface area contributed by atoms with Crippen LogP contribution in [-0.4, -0.2) is 36.2 Å². The molecule has 2 heterocycles. The summed E-state index contributed by atoms with van der Waals surface area (Å²) in [6, 6.07) is 1.73. The maximum Gasteiger partial charge on any atom is 0.247 e. The third kappa shape index (κ3) is 2.65. The Bertz CT molecular complexity index is 726. The zero-order valence-corrected chi connectivity index (χ0v) is 11.2. The van der Waals surface area contributed by atoms with Crippen molar-refractivity contribution >= 4 is 20.7 Å². The average molecular weight is 279 g/mol. The van der Waals surface area contributed by atoms with E-state index < -0.39 is 9.84 Å². The van der Waals surface area contributed by atoms with Crippen LogP contribution >= 0.6 is 0 Å². The van der Waals surface area contributed by atoms with Crippen molar-refractivity contribution in [2.45, 2.75) is 18.0 Å². The number of sulfone groups is 1. The number of hydrogen-bond acceptors (Lipinski definition) is 6. The number of rotatable bonds is 4. The zero-order valence-electron chi connectivity index (χ0n) is 10.4. The fourth-order valence-corrected chi connectivity index (χ4v) is 2.18. The molecule has 6 nitrogen and oxygen atoms in total. The van der Waals surface area contributed by atoms with E-state index in [9.17, 15) is 8.42 Å². The first kappa shape index (κ1) is 12.3. The molecule has 3 rings (SSSR count). The van der Waals surface area contributed by atoms with E-state index in [2.05, 4.69) is 15.0 Å². The van der Waals surface area contributed by atoms with E-state index in [1.807, 2.05) is 0 Å². The Kier molecular flexibility index (Phi) is 2.85. The van der Waals surface area contributed by atoms with Gasteiger partial charge in [0.2, 0.25) is 20.9 Å². The number of aromatic nitrogens is 3. The monoisotopic (exact) mass is 279 g/mol. The minimum atomic E-state index is -3.44. The Morgan fingerprint density at radius 3 is 2.84 bits per heavy atom. The van der Waals surface area contributed by atoms with Crippen molar-refractivity contribution in [3.8, 4) is 5.88 Å². The quantitative estimate of drug-likeness (QED) is 0.783. The number of fused-ring (bicyclic) bond motifs is 1. The van der Waals surface area contributed by atoms with Gasteiger partial charge in [-0.2, -0.15) is 0 Å². The third-order valence-electron chi connectivity index (χ3n) is 2.93. The molecule has 0 aliphatic heterocycles. The molecule has 2 aromatic rings. The van der Waals surface area contributed by atoms with E-state index in [1.54, 1.807) is 12.3 Å². The van der Waals surface area contributed by atoms with Crippen molar-refractivity contribution in [3.05, 3.63) is 18.5 Å². The Labute approximate surface area is 110 Å². The van der Waals surface area contributed by atoms with Crippen LogP contribution in [0, 0.1) is 5.92 Å². The molecule has 0 spiro atoms. The first-order chi connectivity index (χ1) is 9.04. The van der Waals surface area contributed by atoms with Crippen LogP contribution in [0.25, 0.3) is 10.9 Å². The van der Waals surface area contributed by atoms with E-state index in [-0.39, 0.29) is 5.16 Å². The Hall–Kier alpha value is -1.76. The molecule has 1 aliphatic rings. The number of hydrogen-bond donors (Lipinski definition) is 0. The SMILES string of the molecule is CS(=O)(=O)c1ncc2ccnc(OCC3CC3)c2n1. The van der Waals surface area contributed by atoms with Gasteiger partial charge in [0.05, 0.1) is 6.61 Å². The molecule has 2 aromatic heterocycles. The molecule has 19 heavy (non-hydrogen) atoms. The maximum atomic E-state index is 11.5. The van der Waals surface area contributed by atoms with Gasteiger partial charge >= 0.3 is 0 Å². The van der Waals surface area contributed by atoms with Crippen molar-refractivity contribution in [1.29, 1.82) is 0 Å². The van der Waals surface area contributed by atoms with Gasteiger partial charge < -0.3 is 4.74 Å². The van der Waals surface area contributed by atoms with Crippen molar-refractivity contribution < 1.29 is 13.2 Å². The van der Waals surface area contributed by atoms with Crippen LogP contribution in [0.4, 0.5) is 0 Å². The molecule has 7 heteroatoms. The average Bonchev–Trinajstić information content (AvgIpc) is 3.18. The summed E-state index contributed by atoms with van der Waals surface area (Å²) in [5.74, 6) is 0.963. The Morgan fingerprint density at radius 2 is 2.16 bits per heavy atom. The van der Waals surface area contributed by atoms with Crippen LogP contribution in [0.3, 0.4) is 0 Å². The lowest BCUT2D eigenvalue weighted by molar-refractivity contribution is 0.291. The molecule has 0 saturated heterocycles. The highest BCUT2D eigenvalue weighted by Crippen LogP contribution is 2.30. The normalized spacial score (nSPS) is 15.6. The molecule has 0 unspecified atom stereocenters. The lowest BCUT2D eigenvalue weighted by Crippen LogP contribution is -2.06. The predicted octanol–water partition coefficient (Wildman–Crippen LogP) is 1.22. The van der Waals surface area contributed by atoms with E-state index in [4.69, 9.17) is 4.74 Å². The van der Waals surface area contributed by atoms with Gasteiger partial charge in [0.25, 0.3) is 0 Å². The molecule has 0 N–H and O–H groups in total. The highest BCUT2D eigenvalue weighted by Gasteiger charge is 2.23. The van der Waals surface area contributed by atoms with Crippen LogP contribution < -0.4 is 4.74 Å². The first-order valence-corrected chi connectivity index (χ1v) is 7.88. The minimum Gasteiger partial charge on any atom is -0.476 e. The highest BCUT2D eigenvalue weighted by molar-refractivity contribution is 7.90.